The Bertz CT molecular complexity index is 1010. The standard InChI is InChI=1S/C17H14ClFN6O4/c18-11-7-10(1-2-12(11)19)8-13(23-27)15-17(25-29-24-15)28-6-5-22-16(26)14-9-20-3-4-21-14/h1-4,7,9,27H,5-6,8H2,(H,22,26). The lowest BCUT2D eigenvalue weighted by atomic mass is 10.1. The number of amides is 1. The molecule has 10 nitrogen and oxygen atoms in total. The van der Waals surface area contributed by atoms with Gasteiger partial charge in [-0.15, -0.1) is 0 Å². The van der Waals surface area contributed by atoms with Crippen LogP contribution in [0.5, 0.6) is 5.88 Å². The Kier molecular flexibility index (Phi) is 6.63. The molecule has 1 amide bonds. The number of benzene rings is 1. The van der Waals surface area contributed by atoms with Crippen molar-refractivity contribution in [2.75, 3.05) is 13.2 Å². The topological polar surface area (TPSA) is 136 Å². The normalized spacial score (nSPS) is 11.3. The maximum atomic E-state index is 13.3. The highest BCUT2D eigenvalue weighted by molar-refractivity contribution is 6.30. The van der Waals surface area contributed by atoms with Crippen molar-refractivity contribution in [1.82, 2.24) is 25.6 Å². The van der Waals surface area contributed by atoms with Gasteiger partial charge in [0.15, 0.2) is 5.69 Å². The van der Waals surface area contributed by atoms with Gasteiger partial charge in [0.1, 0.15) is 23.8 Å². The Hall–Kier alpha value is -3.60. The number of hydrogen-bond donors (Lipinski definition) is 2. The van der Waals surface area contributed by atoms with Crippen molar-refractivity contribution < 1.29 is 23.8 Å². The first-order valence-corrected chi connectivity index (χ1v) is 8.61. The summed E-state index contributed by atoms with van der Waals surface area (Å²) in [6.45, 7) is 0.176. The van der Waals surface area contributed by atoms with Crippen LogP contribution in [0, 0.1) is 5.82 Å². The molecule has 0 spiro atoms. The number of hydrogen-bond acceptors (Lipinski definition) is 9. The van der Waals surface area contributed by atoms with Crippen LogP contribution in [0.1, 0.15) is 21.7 Å². The summed E-state index contributed by atoms with van der Waals surface area (Å²) in [5.74, 6) is -1.00. The summed E-state index contributed by atoms with van der Waals surface area (Å²) in [5.41, 5.74) is 0.888. The summed E-state index contributed by atoms with van der Waals surface area (Å²) >= 11 is 5.76. The van der Waals surface area contributed by atoms with Crippen LogP contribution in [0.4, 0.5) is 4.39 Å². The lowest BCUT2D eigenvalue weighted by Gasteiger charge is -2.07. The van der Waals surface area contributed by atoms with E-state index in [1.54, 1.807) is 0 Å². The van der Waals surface area contributed by atoms with Crippen molar-refractivity contribution in [2.24, 2.45) is 5.16 Å². The molecule has 3 rings (SSSR count). The number of halogens is 2. The molecule has 0 fully saturated rings. The Labute approximate surface area is 168 Å². The molecule has 150 valence electrons. The van der Waals surface area contributed by atoms with E-state index >= 15 is 0 Å². The van der Waals surface area contributed by atoms with Gasteiger partial charge in [-0.1, -0.05) is 22.8 Å². The third kappa shape index (κ3) is 5.23. The van der Waals surface area contributed by atoms with Crippen LogP contribution in [0.15, 0.2) is 46.6 Å². The quantitative estimate of drug-likeness (QED) is 0.244. The number of aromatic nitrogens is 4. The third-order valence-corrected chi connectivity index (χ3v) is 3.92. The summed E-state index contributed by atoms with van der Waals surface area (Å²) in [6, 6.07) is 4.09. The van der Waals surface area contributed by atoms with Crippen molar-refractivity contribution in [3.05, 3.63) is 64.6 Å². The lowest BCUT2D eigenvalue weighted by Crippen LogP contribution is -2.29. The number of carbonyl (C=O) groups is 1. The first kappa shape index (κ1) is 20.1. The molecule has 0 saturated carbocycles. The molecule has 2 aromatic heterocycles. The second-order valence-corrected chi connectivity index (χ2v) is 5.99. The molecular formula is C17H14ClFN6O4. The van der Waals surface area contributed by atoms with Gasteiger partial charge in [0.05, 0.1) is 17.8 Å². The van der Waals surface area contributed by atoms with Gasteiger partial charge < -0.3 is 15.3 Å². The fourth-order valence-corrected chi connectivity index (χ4v) is 2.48. The monoisotopic (exact) mass is 420 g/mol. The van der Waals surface area contributed by atoms with Gasteiger partial charge in [-0.3, -0.25) is 9.78 Å². The maximum Gasteiger partial charge on any atom is 0.285 e. The van der Waals surface area contributed by atoms with E-state index < -0.39 is 11.7 Å². The van der Waals surface area contributed by atoms with Gasteiger partial charge in [0.25, 0.3) is 11.8 Å². The first-order valence-electron chi connectivity index (χ1n) is 8.23. The highest BCUT2D eigenvalue weighted by Crippen LogP contribution is 2.20. The molecule has 0 unspecified atom stereocenters. The molecule has 0 bridgehead atoms. The molecule has 29 heavy (non-hydrogen) atoms. The SMILES string of the molecule is O=C(NCCOc1nonc1C(Cc1ccc(F)c(Cl)c1)=NO)c1cnccn1. The van der Waals surface area contributed by atoms with Crippen molar-refractivity contribution >= 4 is 23.2 Å². The van der Waals surface area contributed by atoms with Crippen LogP contribution in [-0.2, 0) is 6.42 Å². The Morgan fingerprint density at radius 3 is 2.93 bits per heavy atom. The average Bonchev–Trinajstić information content (AvgIpc) is 3.20. The molecule has 12 heteroatoms. The van der Waals surface area contributed by atoms with E-state index in [0.29, 0.717) is 5.56 Å². The molecule has 0 atom stereocenters. The van der Waals surface area contributed by atoms with E-state index in [-0.39, 0.29) is 47.6 Å². The van der Waals surface area contributed by atoms with E-state index in [1.165, 1.54) is 36.8 Å². The predicted molar refractivity (Wildman–Crippen MR) is 97.6 cm³/mol. The zero-order chi connectivity index (χ0) is 20.6. The fraction of sp³-hybridized carbons (Fsp3) is 0.176. The molecule has 0 saturated heterocycles. The van der Waals surface area contributed by atoms with Crippen LogP contribution in [0.3, 0.4) is 0 Å². The average molecular weight is 421 g/mol. The maximum absolute atomic E-state index is 13.3. The van der Waals surface area contributed by atoms with Crippen LogP contribution in [0.2, 0.25) is 5.02 Å². The smallest absolute Gasteiger partial charge is 0.285 e. The summed E-state index contributed by atoms with van der Waals surface area (Å²) in [5, 5.41) is 22.3. The van der Waals surface area contributed by atoms with E-state index in [0.717, 1.165) is 0 Å². The van der Waals surface area contributed by atoms with Crippen LogP contribution in [-0.4, -0.2) is 50.3 Å². The fourth-order valence-electron chi connectivity index (χ4n) is 2.28. The molecule has 1 aromatic carbocycles. The third-order valence-electron chi connectivity index (χ3n) is 3.63. The van der Waals surface area contributed by atoms with Gasteiger partial charge in [-0.05, 0) is 28.0 Å². The minimum absolute atomic E-state index is 0.0280. The number of nitrogens with zero attached hydrogens (tertiary/aromatic N) is 5. The number of rotatable bonds is 8. The van der Waals surface area contributed by atoms with Gasteiger partial charge in [-0.2, -0.15) is 0 Å². The minimum atomic E-state index is -0.562. The number of carbonyl (C=O) groups excluding carboxylic acids is 1. The minimum Gasteiger partial charge on any atom is -0.472 e. The van der Waals surface area contributed by atoms with Crippen LogP contribution < -0.4 is 10.1 Å². The first-order chi connectivity index (χ1) is 14.1. The van der Waals surface area contributed by atoms with Crippen LogP contribution >= 0.6 is 11.6 Å². The van der Waals surface area contributed by atoms with Gasteiger partial charge >= 0.3 is 0 Å². The van der Waals surface area contributed by atoms with Gasteiger partial charge in [0.2, 0.25) is 0 Å². The molecule has 0 radical (unpaired) electrons. The Morgan fingerprint density at radius 1 is 1.34 bits per heavy atom. The highest BCUT2D eigenvalue weighted by atomic mass is 35.5. The largest absolute Gasteiger partial charge is 0.472 e. The van der Waals surface area contributed by atoms with Gasteiger partial charge in [0, 0.05) is 18.8 Å². The van der Waals surface area contributed by atoms with E-state index in [9.17, 15) is 14.4 Å². The second kappa shape index (κ2) is 9.55. The molecule has 0 aliphatic carbocycles. The summed E-state index contributed by atoms with van der Waals surface area (Å²) in [7, 11) is 0. The van der Waals surface area contributed by atoms with E-state index in [2.05, 4.69) is 35.4 Å². The highest BCUT2D eigenvalue weighted by Gasteiger charge is 2.20. The lowest BCUT2D eigenvalue weighted by molar-refractivity contribution is 0.0941. The number of oxime groups is 1. The summed E-state index contributed by atoms with van der Waals surface area (Å²) in [4.78, 5) is 19.6. The molecular weight excluding hydrogens is 407 g/mol. The van der Waals surface area contributed by atoms with Crippen molar-refractivity contribution in [2.45, 2.75) is 6.42 Å². The predicted octanol–water partition coefficient (Wildman–Crippen LogP) is 1.88. The summed E-state index contributed by atoms with van der Waals surface area (Å²) in [6.07, 6.45) is 4.27. The zero-order valence-corrected chi connectivity index (χ0v) is 15.5. The molecule has 2 heterocycles. The van der Waals surface area contributed by atoms with Crippen molar-refractivity contribution in [1.29, 1.82) is 0 Å². The molecule has 0 aliphatic rings. The number of ether oxygens (including phenoxy) is 1. The zero-order valence-electron chi connectivity index (χ0n) is 14.7. The summed E-state index contributed by atoms with van der Waals surface area (Å²) < 4.78 is 23.4. The van der Waals surface area contributed by atoms with Crippen molar-refractivity contribution in [3.63, 3.8) is 0 Å². The Balaban J connectivity index is 1.57. The van der Waals surface area contributed by atoms with Crippen molar-refractivity contribution in [3.8, 4) is 5.88 Å². The number of nitrogens with one attached hydrogen (secondary N) is 1. The Morgan fingerprint density at radius 2 is 2.21 bits per heavy atom. The van der Waals surface area contributed by atoms with E-state index in [4.69, 9.17) is 16.3 Å². The van der Waals surface area contributed by atoms with Crippen LogP contribution in [0.25, 0.3) is 0 Å². The van der Waals surface area contributed by atoms with E-state index in [1.807, 2.05) is 0 Å². The van der Waals surface area contributed by atoms with Gasteiger partial charge in [-0.25, -0.2) is 14.0 Å². The molecule has 0 aliphatic heterocycles. The molecule has 2 N–H and O–H groups in total. The second-order valence-electron chi connectivity index (χ2n) is 5.58. The molecule has 3 aromatic rings.